The molecular weight excluding hydrogens is 446 g/mol. The van der Waals surface area contributed by atoms with Crippen molar-refractivity contribution in [3.63, 3.8) is 0 Å². The second-order valence-corrected chi connectivity index (χ2v) is 7.37. The number of nitrogens with zero attached hydrogens (tertiary/aromatic N) is 1. The lowest BCUT2D eigenvalue weighted by Crippen LogP contribution is -2.32. The van der Waals surface area contributed by atoms with E-state index in [1.54, 1.807) is 54.6 Å². The van der Waals surface area contributed by atoms with Crippen molar-refractivity contribution >= 4 is 40.5 Å². The van der Waals surface area contributed by atoms with Crippen molar-refractivity contribution in [2.75, 3.05) is 12.4 Å². The van der Waals surface area contributed by atoms with Crippen molar-refractivity contribution in [2.24, 2.45) is 5.10 Å². The van der Waals surface area contributed by atoms with Crippen LogP contribution in [0.3, 0.4) is 0 Å². The molecule has 8 nitrogen and oxygen atoms in total. The van der Waals surface area contributed by atoms with Gasteiger partial charge < -0.3 is 14.8 Å². The van der Waals surface area contributed by atoms with Gasteiger partial charge in [0.05, 0.1) is 18.9 Å². The molecule has 0 unspecified atom stereocenters. The highest BCUT2D eigenvalue weighted by Gasteiger charge is 2.14. The van der Waals surface area contributed by atoms with Crippen LogP contribution in [0.5, 0.6) is 11.5 Å². The molecular formula is C27H21N3O5. The van der Waals surface area contributed by atoms with Crippen molar-refractivity contribution in [3.8, 4) is 11.5 Å². The fourth-order valence-electron chi connectivity index (χ4n) is 3.29. The van der Waals surface area contributed by atoms with Gasteiger partial charge in [0.15, 0.2) is 0 Å². The maximum atomic E-state index is 12.6. The summed E-state index contributed by atoms with van der Waals surface area (Å²) in [5.74, 6) is -1.34. The first-order chi connectivity index (χ1) is 17.0. The van der Waals surface area contributed by atoms with Gasteiger partial charge >= 0.3 is 17.8 Å². The summed E-state index contributed by atoms with van der Waals surface area (Å²) in [6.07, 6.45) is 1.37. The summed E-state index contributed by atoms with van der Waals surface area (Å²) in [7, 11) is 1.50. The average Bonchev–Trinajstić information content (AvgIpc) is 2.89. The standard InChI is InChI=1S/C27H21N3O5/c1-34-22-9-5-8-20(16-22)29-25(31)26(32)30-28-17-18-12-14-21(15-13-18)35-27(33)24-11-4-7-19-6-2-3-10-23(19)24/h2-17H,1H3,(H,29,31)(H,30,32). The van der Waals surface area contributed by atoms with Crippen LogP contribution in [0.25, 0.3) is 10.8 Å². The van der Waals surface area contributed by atoms with Gasteiger partial charge in [-0.1, -0.05) is 42.5 Å². The van der Waals surface area contributed by atoms with Gasteiger partial charge in [-0.25, -0.2) is 10.2 Å². The fraction of sp³-hybridized carbons (Fsp3) is 0.0370. The number of nitrogens with one attached hydrogen (secondary N) is 2. The quantitative estimate of drug-likeness (QED) is 0.146. The Hall–Kier alpha value is -4.98. The smallest absolute Gasteiger partial charge is 0.344 e. The van der Waals surface area contributed by atoms with Crippen molar-refractivity contribution in [1.29, 1.82) is 0 Å². The molecule has 0 aliphatic carbocycles. The van der Waals surface area contributed by atoms with Gasteiger partial charge in [-0.3, -0.25) is 9.59 Å². The molecule has 0 heterocycles. The summed E-state index contributed by atoms with van der Waals surface area (Å²) in [6.45, 7) is 0. The van der Waals surface area contributed by atoms with Crippen LogP contribution in [0.4, 0.5) is 5.69 Å². The number of carbonyl (C=O) groups is 3. The minimum absolute atomic E-state index is 0.363. The Morgan fingerprint density at radius 2 is 1.54 bits per heavy atom. The van der Waals surface area contributed by atoms with Crippen LogP contribution < -0.4 is 20.2 Å². The van der Waals surface area contributed by atoms with Gasteiger partial charge in [-0.05, 0) is 58.8 Å². The molecule has 0 aromatic heterocycles. The molecule has 0 radical (unpaired) electrons. The van der Waals surface area contributed by atoms with Crippen LogP contribution in [0.15, 0.2) is 96.1 Å². The molecule has 2 N–H and O–H groups in total. The van der Waals surface area contributed by atoms with E-state index in [0.717, 1.165) is 10.8 Å². The first-order valence-corrected chi connectivity index (χ1v) is 10.6. The number of ether oxygens (including phenoxy) is 2. The van der Waals surface area contributed by atoms with Crippen LogP contribution in [0.1, 0.15) is 15.9 Å². The Morgan fingerprint density at radius 3 is 2.34 bits per heavy atom. The molecule has 0 aliphatic rings. The SMILES string of the molecule is COc1cccc(NC(=O)C(=O)NN=Cc2ccc(OC(=O)c3cccc4ccccc34)cc2)c1. The third-order valence-corrected chi connectivity index (χ3v) is 5.01. The maximum absolute atomic E-state index is 12.6. The zero-order valence-electron chi connectivity index (χ0n) is 18.7. The number of hydrazone groups is 1. The predicted octanol–water partition coefficient (Wildman–Crippen LogP) is 4.16. The van der Waals surface area contributed by atoms with Crippen LogP contribution in [-0.4, -0.2) is 31.1 Å². The lowest BCUT2D eigenvalue weighted by atomic mass is 10.0. The van der Waals surface area contributed by atoms with Crippen molar-refractivity contribution in [3.05, 3.63) is 102 Å². The summed E-state index contributed by atoms with van der Waals surface area (Å²) in [5.41, 5.74) is 3.69. The second kappa shape index (κ2) is 10.8. The molecule has 0 bridgehead atoms. The molecule has 0 atom stereocenters. The molecule has 4 aromatic carbocycles. The van der Waals surface area contributed by atoms with E-state index in [2.05, 4.69) is 15.8 Å². The molecule has 0 saturated heterocycles. The average molecular weight is 467 g/mol. The zero-order valence-corrected chi connectivity index (χ0v) is 18.7. The molecule has 0 fully saturated rings. The third kappa shape index (κ3) is 5.88. The number of esters is 1. The Morgan fingerprint density at radius 1 is 0.800 bits per heavy atom. The van der Waals surface area contributed by atoms with Crippen molar-refractivity contribution < 1.29 is 23.9 Å². The van der Waals surface area contributed by atoms with Crippen LogP contribution in [-0.2, 0) is 9.59 Å². The molecule has 35 heavy (non-hydrogen) atoms. The highest BCUT2D eigenvalue weighted by atomic mass is 16.5. The number of carbonyl (C=O) groups excluding carboxylic acids is 3. The summed E-state index contributed by atoms with van der Waals surface area (Å²) in [5, 5.41) is 8.02. The van der Waals surface area contributed by atoms with Crippen molar-refractivity contribution in [1.82, 2.24) is 5.43 Å². The predicted molar refractivity (Wildman–Crippen MR) is 133 cm³/mol. The fourth-order valence-corrected chi connectivity index (χ4v) is 3.29. The number of anilines is 1. The van der Waals surface area contributed by atoms with Crippen LogP contribution >= 0.6 is 0 Å². The van der Waals surface area contributed by atoms with E-state index in [1.165, 1.54) is 13.3 Å². The van der Waals surface area contributed by atoms with E-state index in [-0.39, 0.29) is 0 Å². The lowest BCUT2D eigenvalue weighted by Gasteiger charge is -2.07. The highest BCUT2D eigenvalue weighted by molar-refractivity contribution is 6.39. The Bertz CT molecular complexity index is 1410. The van der Waals surface area contributed by atoms with Crippen molar-refractivity contribution in [2.45, 2.75) is 0 Å². The van der Waals surface area contributed by atoms with E-state index < -0.39 is 17.8 Å². The molecule has 4 rings (SSSR count). The van der Waals surface area contributed by atoms with Gasteiger partial charge in [0.2, 0.25) is 0 Å². The summed E-state index contributed by atoms with van der Waals surface area (Å²) < 4.78 is 10.6. The molecule has 0 aliphatic heterocycles. The van der Waals surface area contributed by atoms with E-state index in [4.69, 9.17) is 9.47 Å². The first-order valence-electron chi connectivity index (χ1n) is 10.6. The van der Waals surface area contributed by atoms with E-state index in [1.807, 2.05) is 36.4 Å². The number of benzene rings is 4. The maximum Gasteiger partial charge on any atom is 0.344 e. The minimum Gasteiger partial charge on any atom is -0.497 e. The molecule has 0 spiro atoms. The van der Waals surface area contributed by atoms with Gasteiger partial charge in [0.25, 0.3) is 0 Å². The van der Waals surface area contributed by atoms with E-state index in [9.17, 15) is 14.4 Å². The van der Waals surface area contributed by atoms with Gasteiger partial charge in [0, 0.05) is 11.8 Å². The highest BCUT2D eigenvalue weighted by Crippen LogP contribution is 2.21. The number of fused-ring (bicyclic) bond motifs is 1. The van der Waals surface area contributed by atoms with Gasteiger partial charge in [-0.15, -0.1) is 0 Å². The molecule has 0 saturated carbocycles. The number of amides is 2. The number of rotatable bonds is 6. The van der Waals surface area contributed by atoms with E-state index in [0.29, 0.717) is 28.3 Å². The lowest BCUT2D eigenvalue weighted by molar-refractivity contribution is -0.136. The van der Waals surface area contributed by atoms with E-state index >= 15 is 0 Å². The third-order valence-electron chi connectivity index (χ3n) is 5.01. The summed E-state index contributed by atoms with van der Waals surface area (Å²) >= 11 is 0. The number of hydrogen-bond donors (Lipinski definition) is 2. The topological polar surface area (TPSA) is 106 Å². The monoisotopic (exact) mass is 467 g/mol. The second-order valence-electron chi connectivity index (χ2n) is 7.37. The van der Waals surface area contributed by atoms with Crippen LogP contribution in [0, 0.1) is 0 Å². The molecule has 2 amide bonds. The minimum atomic E-state index is -0.926. The van der Waals surface area contributed by atoms with Gasteiger partial charge in [-0.2, -0.15) is 5.10 Å². The Balaban J connectivity index is 1.32. The Kier molecular flexibility index (Phi) is 7.13. The normalized spacial score (nSPS) is 10.7. The molecule has 174 valence electrons. The largest absolute Gasteiger partial charge is 0.497 e. The Labute approximate surface area is 201 Å². The molecule has 8 heteroatoms. The zero-order chi connectivity index (χ0) is 24.6. The number of hydrogen-bond acceptors (Lipinski definition) is 6. The molecule has 4 aromatic rings. The summed E-state index contributed by atoms with van der Waals surface area (Å²) in [6, 6.07) is 26.2. The first kappa shape index (κ1) is 23.2. The number of methoxy groups -OCH3 is 1. The van der Waals surface area contributed by atoms with Crippen LogP contribution in [0.2, 0.25) is 0 Å². The van der Waals surface area contributed by atoms with Gasteiger partial charge in [0.1, 0.15) is 11.5 Å². The summed E-state index contributed by atoms with van der Waals surface area (Å²) in [4.78, 5) is 36.6.